The fourth-order valence-corrected chi connectivity index (χ4v) is 2.46. The number of anilines is 1. The average molecular weight is 324 g/mol. The molecule has 0 aliphatic carbocycles. The van der Waals surface area contributed by atoms with E-state index >= 15 is 0 Å². The molecule has 2 heterocycles. The third kappa shape index (κ3) is 2.91. The number of nitrogens with two attached hydrogens (primary N) is 1. The predicted octanol–water partition coefficient (Wildman–Crippen LogP) is 2.16. The molecule has 0 spiro atoms. The minimum absolute atomic E-state index is 0.169. The number of hydrogen-bond donors (Lipinski definition) is 2. The van der Waals surface area contributed by atoms with Gasteiger partial charge in [-0.1, -0.05) is 18.2 Å². The third-order valence-electron chi connectivity index (χ3n) is 3.62. The van der Waals surface area contributed by atoms with Crippen LogP contribution in [0.1, 0.15) is 16.1 Å². The standard InChI is InChI=1S/C17H16N4O3/c1-24-17(23)20-9-12-8-11(6-7-19-12)16(22)21-10-14(18)13-4-2-3-5-15(13)21/h2-8,10H,9,18H2,1H3,(H,20,23). The number of amides is 1. The summed E-state index contributed by atoms with van der Waals surface area (Å²) in [5.41, 5.74) is 8.26. The summed E-state index contributed by atoms with van der Waals surface area (Å²) in [5.74, 6) is -0.218. The van der Waals surface area contributed by atoms with Gasteiger partial charge in [0, 0.05) is 23.3 Å². The molecular weight excluding hydrogens is 308 g/mol. The summed E-state index contributed by atoms with van der Waals surface area (Å²) in [7, 11) is 1.28. The van der Waals surface area contributed by atoms with Crippen molar-refractivity contribution in [3.63, 3.8) is 0 Å². The van der Waals surface area contributed by atoms with Crippen molar-refractivity contribution in [1.29, 1.82) is 0 Å². The Balaban J connectivity index is 1.91. The first-order valence-electron chi connectivity index (χ1n) is 7.27. The second-order valence-electron chi connectivity index (χ2n) is 5.16. The van der Waals surface area contributed by atoms with Crippen LogP contribution in [0.5, 0.6) is 0 Å². The molecule has 7 heteroatoms. The molecule has 1 amide bonds. The van der Waals surface area contributed by atoms with Crippen LogP contribution >= 0.6 is 0 Å². The SMILES string of the molecule is COC(=O)NCc1cc(C(=O)n2cc(N)c3ccccc32)ccn1. The van der Waals surface area contributed by atoms with Crippen LogP contribution in [0.25, 0.3) is 10.9 Å². The molecule has 0 saturated heterocycles. The van der Waals surface area contributed by atoms with Crippen molar-refractivity contribution in [3.05, 3.63) is 60.0 Å². The zero-order valence-corrected chi connectivity index (χ0v) is 13.0. The van der Waals surface area contributed by atoms with Gasteiger partial charge >= 0.3 is 6.09 Å². The van der Waals surface area contributed by atoms with Crippen LogP contribution in [-0.4, -0.2) is 28.7 Å². The number of hydrogen-bond acceptors (Lipinski definition) is 5. The number of carbonyl (C=O) groups is 2. The van der Waals surface area contributed by atoms with Gasteiger partial charge < -0.3 is 15.8 Å². The highest BCUT2D eigenvalue weighted by Gasteiger charge is 2.14. The molecular formula is C17H16N4O3. The van der Waals surface area contributed by atoms with Gasteiger partial charge in [0.15, 0.2) is 0 Å². The molecule has 0 aliphatic rings. The topological polar surface area (TPSA) is 99.2 Å². The molecule has 1 aromatic carbocycles. The second kappa shape index (κ2) is 6.41. The molecule has 3 rings (SSSR count). The summed E-state index contributed by atoms with van der Waals surface area (Å²) in [6, 6.07) is 10.7. The number of nitrogens with zero attached hydrogens (tertiary/aromatic N) is 2. The van der Waals surface area contributed by atoms with Crippen LogP contribution in [0.15, 0.2) is 48.8 Å². The Hall–Kier alpha value is -3.35. The van der Waals surface area contributed by atoms with E-state index in [1.54, 1.807) is 18.3 Å². The quantitative estimate of drug-likeness (QED) is 0.769. The van der Waals surface area contributed by atoms with Crippen molar-refractivity contribution in [2.75, 3.05) is 12.8 Å². The number of nitrogen functional groups attached to an aromatic ring is 1. The Labute approximate surface area is 138 Å². The van der Waals surface area contributed by atoms with E-state index in [4.69, 9.17) is 5.73 Å². The van der Waals surface area contributed by atoms with E-state index in [0.717, 1.165) is 10.9 Å². The molecule has 7 nitrogen and oxygen atoms in total. The maximum atomic E-state index is 12.8. The summed E-state index contributed by atoms with van der Waals surface area (Å²) in [5, 5.41) is 3.35. The van der Waals surface area contributed by atoms with Crippen molar-refractivity contribution in [2.24, 2.45) is 0 Å². The lowest BCUT2D eigenvalue weighted by Crippen LogP contribution is -2.23. The zero-order chi connectivity index (χ0) is 17.1. The molecule has 0 atom stereocenters. The van der Waals surface area contributed by atoms with Crippen molar-refractivity contribution in [2.45, 2.75) is 6.54 Å². The minimum Gasteiger partial charge on any atom is -0.453 e. The Kier molecular flexibility index (Phi) is 4.15. The smallest absolute Gasteiger partial charge is 0.407 e. The number of pyridine rings is 1. The summed E-state index contributed by atoms with van der Waals surface area (Å²) in [6.45, 7) is 0.169. The van der Waals surface area contributed by atoms with Crippen LogP contribution in [0.4, 0.5) is 10.5 Å². The highest BCUT2D eigenvalue weighted by Crippen LogP contribution is 2.24. The monoisotopic (exact) mass is 324 g/mol. The Morgan fingerprint density at radius 3 is 2.88 bits per heavy atom. The van der Waals surface area contributed by atoms with Crippen LogP contribution in [-0.2, 0) is 11.3 Å². The summed E-state index contributed by atoms with van der Waals surface area (Å²) in [6.07, 6.45) is 2.58. The maximum absolute atomic E-state index is 12.8. The molecule has 0 unspecified atom stereocenters. The van der Waals surface area contributed by atoms with Gasteiger partial charge in [-0.2, -0.15) is 0 Å². The van der Waals surface area contributed by atoms with E-state index in [1.165, 1.54) is 17.9 Å². The van der Waals surface area contributed by atoms with Crippen molar-refractivity contribution in [1.82, 2.24) is 14.9 Å². The van der Waals surface area contributed by atoms with Crippen molar-refractivity contribution < 1.29 is 14.3 Å². The number of aromatic nitrogens is 2. The number of carbonyl (C=O) groups excluding carboxylic acids is 2. The van der Waals surface area contributed by atoms with Gasteiger partial charge in [-0.3, -0.25) is 14.3 Å². The number of ether oxygens (including phenoxy) is 1. The highest BCUT2D eigenvalue weighted by molar-refractivity contribution is 6.05. The summed E-state index contributed by atoms with van der Waals surface area (Å²) >= 11 is 0. The van der Waals surface area contributed by atoms with E-state index < -0.39 is 6.09 Å². The molecule has 0 bridgehead atoms. The fraction of sp³-hybridized carbons (Fsp3) is 0.118. The Morgan fingerprint density at radius 1 is 1.29 bits per heavy atom. The van der Waals surface area contributed by atoms with E-state index in [-0.39, 0.29) is 12.5 Å². The molecule has 24 heavy (non-hydrogen) atoms. The largest absolute Gasteiger partial charge is 0.453 e. The number of fused-ring (bicyclic) bond motifs is 1. The van der Waals surface area contributed by atoms with E-state index in [0.29, 0.717) is 16.9 Å². The van der Waals surface area contributed by atoms with Gasteiger partial charge in [-0.15, -0.1) is 0 Å². The lowest BCUT2D eigenvalue weighted by atomic mass is 10.2. The van der Waals surface area contributed by atoms with Gasteiger partial charge in [-0.05, 0) is 18.2 Å². The third-order valence-corrected chi connectivity index (χ3v) is 3.62. The number of methoxy groups -OCH3 is 1. The molecule has 0 saturated carbocycles. The van der Waals surface area contributed by atoms with Crippen molar-refractivity contribution in [3.8, 4) is 0 Å². The van der Waals surface area contributed by atoms with Crippen LogP contribution in [0, 0.1) is 0 Å². The second-order valence-corrected chi connectivity index (χ2v) is 5.16. The first kappa shape index (κ1) is 15.5. The molecule has 122 valence electrons. The summed E-state index contributed by atoms with van der Waals surface area (Å²) in [4.78, 5) is 28.0. The number of alkyl carbamates (subject to hydrolysis) is 1. The van der Waals surface area contributed by atoms with Gasteiger partial charge in [0.1, 0.15) is 0 Å². The number of nitrogens with one attached hydrogen (secondary N) is 1. The first-order valence-corrected chi connectivity index (χ1v) is 7.27. The van der Waals surface area contributed by atoms with E-state index in [9.17, 15) is 9.59 Å². The maximum Gasteiger partial charge on any atom is 0.407 e. The molecule has 3 N–H and O–H groups in total. The van der Waals surface area contributed by atoms with Crippen LogP contribution in [0.3, 0.4) is 0 Å². The molecule has 0 aliphatic heterocycles. The van der Waals surface area contributed by atoms with Gasteiger partial charge in [-0.25, -0.2) is 4.79 Å². The molecule has 0 fully saturated rings. The molecule has 2 aromatic heterocycles. The fourth-order valence-electron chi connectivity index (χ4n) is 2.46. The van der Waals surface area contributed by atoms with Gasteiger partial charge in [0.05, 0.1) is 30.6 Å². The van der Waals surface area contributed by atoms with Gasteiger partial charge in [0.25, 0.3) is 5.91 Å². The number of benzene rings is 1. The normalized spacial score (nSPS) is 10.5. The number of para-hydroxylation sites is 1. The Bertz CT molecular complexity index is 917. The average Bonchev–Trinajstić information content (AvgIpc) is 2.96. The number of rotatable bonds is 3. The molecule has 0 radical (unpaired) electrons. The zero-order valence-electron chi connectivity index (χ0n) is 13.0. The van der Waals surface area contributed by atoms with Crippen LogP contribution < -0.4 is 11.1 Å². The summed E-state index contributed by atoms with van der Waals surface area (Å²) < 4.78 is 6.02. The lowest BCUT2D eigenvalue weighted by molar-refractivity contribution is 0.0965. The van der Waals surface area contributed by atoms with E-state index in [1.807, 2.05) is 24.3 Å². The van der Waals surface area contributed by atoms with E-state index in [2.05, 4.69) is 15.0 Å². The first-order chi connectivity index (χ1) is 11.6. The highest BCUT2D eigenvalue weighted by atomic mass is 16.5. The van der Waals surface area contributed by atoms with Gasteiger partial charge in [0.2, 0.25) is 0 Å². The Morgan fingerprint density at radius 2 is 2.08 bits per heavy atom. The predicted molar refractivity (Wildman–Crippen MR) is 89.6 cm³/mol. The minimum atomic E-state index is -0.558. The van der Waals surface area contributed by atoms with Crippen LogP contribution in [0.2, 0.25) is 0 Å². The molecule has 3 aromatic rings. The lowest BCUT2D eigenvalue weighted by Gasteiger charge is -2.07. The van der Waals surface area contributed by atoms with Crippen molar-refractivity contribution >= 4 is 28.6 Å².